The summed E-state index contributed by atoms with van der Waals surface area (Å²) in [5.74, 6) is 0.340. The first kappa shape index (κ1) is 15.3. The van der Waals surface area contributed by atoms with Gasteiger partial charge < -0.3 is 15.0 Å². The molecule has 0 spiro atoms. The molecule has 0 amide bonds. The van der Waals surface area contributed by atoms with Crippen molar-refractivity contribution in [2.45, 2.75) is 26.7 Å². The summed E-state index contributed by atoms with van der Waals surface area (Å²) >= 11 is 1.46. The third-order valence-corrected chi connectivity index (χ3v) is 4.53. The zero-order valence-electron chi connectivity index (χ0n) is 12.2. The van der Waals surface area contributed by atoms with E-state index in [4.69, 9.17) is 4.74 Å². The van der Waals surface area contributed by atoms with Gasteiger partial charge in [0.15, 0.2) is 5.69 Å². The van der Waals surface area contributed by atoms with Crippen LogP contribution in [0.25, 0.3) is 0 Å². The van der Waals surface area contributed by atoms with Crippen LogP contribution in [0.1, 0.15) is 37.2 Å². The second-order valence-electron chi connectivity index (χ2n) is 5.01. The van der Waals surface area contributed by atoms with Crippen LogP contribution in [0.4, 0.5) is 5.00 Å². The van der Waals surface area contributed by atoms with Crippen LogP contribution in [0, 0.1) is 5.92 Å². The Labute approximate surface area is 124 Å². The first-order chi connectivity index (χ1) is 9.74. The monoisotopic (exact) mass is 297 g/mol. The summed E-state index contributed by atoms with van der Waals surface area (Å²) in [4.78, 5) is 18.3. The SMILES string of the molecule is CCOC(=O)c1ncsc1NCC1CCN(CC)CC1. The van der Waals surface area contributed by atoms with Crippen LogP contribution < -0.4 is 5.32 Å². The van der Waals surface area contributed by atoms with E-state index in [1.807, 2.05) is 0 Å². The van der Waals surface area contributed by atoms with Crippen molar-refractivity contribution >= 4 is 22.3 Å². The van der Waals surface area contributed by atoms with E-state index in [2.05, 4.69) is 22.1 Å². The summed E-state index contributed by atoms with van der Waals surface area (Å²) in [6, 6.07) is 0. The van der Waals surface area contributed by atoms with Crippen molar-refractivity contribution in [1.82, 2.24) is 9.88 Å². The Morgan fingerprint density at radius 2 is 2.25 bits per heavy atom. The van der Waals surface area contributed by atoms with Crippen molar-refractivity contribution in [3.05, 3.63) is 11.2 Å². The molecular weight excluding hydrogens is 274 g/mol. The third-order valence-electron chi connectivity index (χ3n) is 3.74. The Balaban J connectivity index is 1.83. The van der Waals surface area contributed by atoms with Crippen LogP contribution in [0.15, 0.2) is 5.51 Å². The van der Waals surface area contributed by atoms with Gasteiger partial charge in [-0.3, -0.25) is 0 Å². The van der Waals surface area contributed by atoms with E-state index in [1.54, 1.807) is 12.4 Å². The lowest BCUT2D eigenvalue weighted by Gasteiger charge is -2.31. The summed E-state index contributed by atoms with van der Waals surface area (Å²) in [5, 5.41) is 4.21. The number of esters is 1. The molecule has 0 aromatic carbocycles. The number of rotatable bonds is 6. The lowest BCUT2D eigenvalue weighted by Crippen LogP contribution is -2.35. The summed E-state index contributed by atoms with van der Waals surface area (Å²) in [7, 11) is 0. The molecule has 0 radical (unpaired) electrons. The molecule has 0 bridgehead atoms. The second kappa shape index (κ2) is 7.59. The highest BCUT2D eigenvalue weighted by Crippen LogP contribution is 2.23. The molecule has 1 saturated heterocycles. The Morgan fingerprint density at radius 3 is 2.90 bits per heavy atom. The van der Waals surface area contributed by atoms with Crippen LogP contribution in [0.3, 0.4) is 0 Å². The molecule has 1 aliphatic heterocycles. The number of piperidine rings is 1. The molecule has 2 heterocycles. The standard InChI is InChI=1S/C14H23N3O2S/c1-3-17-7-5-11(6-8-17)9-15-13-12(16-10-20-13)14(18)19-4-2/h10-11,15H,3-9H2,1-2H3. The molecule has 5 nitrogen and oxygen atoms in total. The molecule has 0 aliphatic carbocycles. The average Bonchev–Trinajstić information content (AvgIpc) is 2.94. The fourth-order valence-electron chi connectivity index (χ4n) is 2.46. The van der Waals surface area contributed by atoms with Gasteiger partial charge in [0.1, 0.15) is 5.00 Å². The van der Waals surface area contributed by atoms with E-state index >= 15 is 0 Å². The molecule has 1 aromatic heterocycles. The molecule has 1 aliphatic rings. The average molecular weight is 297 g/mol. The maximum absolute atomic E-state index is 11.7. The molecule has 20 heavy (non-hydrogen) atoms. The molecule has 0 unspecified atom stereocenters. The van der Waals surface area contributed by atoms with Gasteiger partial charge in [0, 0.05) is 6.54 Å². The van der Waals surface area contributed by atoms with Crippen LogP contribution in [0.5, 0.6) is 0 Å². The van der Waals surface area contributed by atoms with Gasteiger partial charge in [-0.1, -0.05) is 6.92 Å². The fourth-order valence-corrected chi connectivity index (χ4v) is 3.14. The maximum atomic E-state index is 11.7. The van der Waals surface area contributed by atoms with E-state index in [-0.39, 0.29) is 5.97 Å². The number of aromatic nitrogens is 1. The highest BCUT2D eigenvalue weighted by molar-refractivity contribution is 7.14. The maximum Gasteiger partial charge on any atom is 0.360 e. The Morgan fingerprint density at radius 1 is 1.50 bits per heavy atom. The quantitative estimate of drug-likeness (QED) is 0.818. The normalized spacial score (nSPS) is 17.1. The number of carbonyl (C=O) groups excluding carboxylic acids is 1. The summed E-state index contributed by atoms with van der Waals surface area (Å²) in [6.45, 7) is 8.80. The number of thiazole rings is 1. The van der Waals surface area contributed by atoms with Crippen molar-refractivity contribution in [3.63, 3.8) is 0 Å². The third kappa shape index (κ3) is 3.93. The summed E-state index contributed by atoms with van der Waals surface area (Å²) in [6.07, 6.45) is 2.43. The fraction of sp³-hybridized carbons (Fsp3) is 0.714. The highest BCUT2D eigenvalue weighted by atomic mass is 32.1. The number of anilines is 1. The predicted octanol–water partition coefficient (Wildman–Crippen LogP) is 2.46. The molecule has 0 atom stereocenters. The van der Waals surface area contributed by atoms with Gasteiger partial charge in [0.05, 0.1) is 12.1 Å². The number of carbonyl (C=O) groups is 1. The molecule has 112 valence electrons. The number of likely N-dealkylation sites (tertiary alicyclic amines) is 1. The van der Waals surface area contributed by atoms with Gasteiger partial charge in [-0.2, -0.15) is 0 Å². The number of hydrogen-bond donors (Lipinski definition) is 1. The Hall–Kier alpha value is -1.14. The van der Waals surface area contributed by atoms with E-state index in [1.165, 1.54) is 37.3 Å². The van der Waals surface area contributed by atoms with Gasteiger partial charge in [0.2, 0.25) is 0 Å². The minimum Gasteiger partial charge on any atom is -0.461 e. The first-order valence-electron chi connectivity index (χ1n) is 7.31. The van der Waals surface area contributed by atoms with Crippen LogP contribution in [-0.4, -0.2) is 48.6 Å². The van der Waals surface area contributed by atoms with Crippen molar-refractivity contribution < 1.29 is 9.53 Å². The highest BCUT2D eigenvalue weighted by Gasteiger charge is 2.20. The molecule has 1 aromatic rings. The van der Waals surface area contributed by atoms with E-state index < -0.39 is 0 Å². The molecule has 1 N–H and O–H groups in total. The van der Waals surface area contributed by atoms with Gasteiger partial charge in [-0.15, -0.1) is 11.3 Å². The molecular formula is C14H23N3O2S. The first-order valence-corrected chi connectivity index (χ1v) is 8.19. The van der Waals surface area contributed by atoms with Crippen LogP contribution in [-0.2, 0) is 4.74 Å². The number of ether oxygens (including phenoxy) is 1. The topological polar surface area (TPSA) is 54.5 Å². The number of hydrogen-bond acceptors (Lipinski definition) is 6. The van der Waals surface area contributed by atoms with Crippen molar-refractivity contribution in [2.24, 2.45) is 5.92 Å². The van der Waals surface area contributed by atoms with Crippen molar-refractivity contribution in [1.29, 1.82) is 0 Å². The van der Waals surface area contributed by atoms with Gasteiger partial charge >= 0.3 is 5.97 Å². The minimum absolute atomic E-state index is 0.336. The molecule has 2 rings (SSSR count). The van der Waals surface area contributed by atoms with E-state index in [9.17, 15) is 4.79 Å². The molecule has 6 heteroatoms. The molecule has 1 fully saturated rings. The Bertz CT molecular complexity index is 428. The van der Waals surface area contributed by atoms with E-state index in [0.717, 1.165) is 18.1 Å². The predicted molar refractivity (Wildman–Crippen MR) is 81.4 cm³/mol. The smallest absolute Gasteiger partial charge is 0.360 e. The Kier molecular flexibility index (Phi) is 5.79. The van der Waals surface area contributed by atoms with Crippen molar-refractivity contribution in [3.8, 4) is 0 Å². The van der Waals surface area contributed by atoms with E-state index in [0.29, 0.717) is 18.2 Å². The number of nitrogens with zero attached hydrogens (tertiary/aromatic N) is 2. The van der Waals surface area contributed by atoms with Gasteiger partial charge in [-0.25, -0.2) is 9.78 Å². The zero-order valence-corrected chi connectivity index (χ0v) is 13.0. The van der Waals surface area contributed by atoms with Crippen molar-refractivity contribution in [2.75, 3.05) is 38.1 Å². The summed E-state index contributed by atoms with van der Waals surface area (Å²) in [5.41, 5.74) is 2.11. The lowest BCUT2D eigenvalue weighted by molar-refractivity contribution is 0.0521. The minimum atomic E-state index is -0.336. The van der Waals surface area contributed by atoms with Crippen LogP contribution in [0.2, 0.25) is 0 Å². The lowest BCUT2D eigenvalue weighted by atomic mass is 9.97. The largest absolute Gasteiger partial charge is 0.461 e. The van der Waals surface area contributed by atoms with Crippen LogP contribution >= 0.6 is 11.3 Å². The van der Waals surface area contributed by atoms with Gasteiger partial charge in [-0.05, 0) is 45.3 Å². The van der Waals surface area contributed by atoms with Gasteiger partial charge in [0.25, 0.3) is 0 Å². The number of nitrogens with one attached hydrogen (secondary N) is 1. The zero-order chi connectivity index (χ0) is 14.4. The molecule has 0 saturated carbocycles. The summed E-state index contributed by atoms with van der Waals surface area (Å²) < 4.78 is 5.01. The second-order valence-corrected chi connectivity index (χ2v) is 5.86.